The first-order valence-corrected chi connectivity index (χ1v) is 5.36. The van der Waals surface area contributed by atoms with Gasteiger partial charge in [-0.2, -0.15) is 0 Å². The van der Waals surface area contributed by atoms with Crippen LogP contribution in [0.3, 0.4) is 0 Å². The molecule has 1 fully saturated rings. The fraction of sp³-hybridized carbons (Fsp3) is 0.833. The molecule has 0 radical (unpaired) electrons. The van der Waals surface area contributed by atoms with Crippen molar-refractivity contribution in [2.45, 2.75) is 58.0 Å². The van der Waals surface area contributed by atoms with Crippen molar-refractivity contribution in [3.05, 3.63) is 12.2 Å². The number of hydrogen-bond donors (Lipinski definition) is 1. The maximum absolute atomic E-state index is 9.59. The van der Waals surface area contributed by atoms with Gasteiger partial charge in [0.15, 0.2) is 0 Å². The van der Waals surface area contributed by atoms with Crippen LogP contribution in [0.15, 0.2) is 12.2 Å². The lowest BCUT2D eigenvalue weighted by molar-refractivity contribution is 0.0623. The van der Waals surface area contributed by atoms with E-state index in [1.165, 1.54) is 31.3 Å². The minimum atomic E-state index is -0.487. The van der Waals surface area contributed by atoms with Crippen LogP contribution in [0.5, 0.6) is 0 Å². The van der Waals surface area contributed by atoms with Gasteiger partial charge >= 0.3 is 0 Å². The molecule has 0 saturated heterocycles. The SMILES string of the molecule is C=C1CCCC(CCC(C)(C)O)C1. The molecular formula is C12H22O. The van der Waals surface area contributed by atoms with Crippen molar-refractivity contribution < 1.29 is 5.11 Å². The Morgan fingerprint density at radius 3 is 2.77 bits per heavy atom. The Morgan fingerprint density at radius 1 is 1.54 bits per heavy atom. The van der Waals surface area contributed by atoms with E-state index >= 15 is 0 Å². The van der Waals surface area contributed by atoms with Crippen LogP contribution in [-0.2, 0) is 0 Å². The van der Waals surface area contributed by atoms with Crippen LogP contribution in [0, 0.1) is 5.92 Å². The van der Waals surface area contributed by atoms with Crippen LogP contribution in [-0.4, -0.2) is 10.7 Å². The summed E-state index contributed by atoms with van der Waals surface area (Å²) in [5.41, 5.74) is 0.922. The molecule has 0 aliphatic heterocycles. The summed E-state index contributed by atoms with van der Waals surface area (Å²) >= 11 is 0. The smallest absolute Gasteiger partial charge is 0.0591 e. The van der Waals surface area contributed by atoms with Gasteiger partial charge in [-0.1, -0.05) is 12.2 Å². The van der Waals surface area contributed by atoms with Crippen molar-refractivity contribution in [2.75, 3.05) is 0 Å². The normalized spacial score (nSPS) is 24.8. The molecule has 1 rings (SSSR count). The molecule has 1 nitrogen and oxygen atoms in total. The highest BCUT2D eigenvalue weighted by Crippen LogP contribution is 2.31. The molecule has 0 amide bonds. The molecule has 1 aliphatic rings. The lowest BCUT2D eigenvalue weighted by atomic mass is 9.82. The Hall–Kier alpha value is -0.300. The van der Waals surface area contributed by atoms with Crippen LogP contribution >= 0.6 is 0 Å². The third-order valence-corrected chi connectivity index (χ3v) is 2.88. The van der Waals surface area contributed by atoms with Crippen LogP contribution < -0.4 is 0 Å². The Bertz CT molecular complexity index is 176. The predicted octanol–water partition coefficient (Wildman–Crippen LogP) is 3.28. The molecule has 1 atom stereocenters. The van der Waals surface area contributed by atoms with E-state index in [0.717, 1.165) is 18.8 Å². The van der Waals surface area contributed by atoms with E-state index in [2.05, 4.69) is 6.58 Å². The van der Waals surface area contributed by atoms with Gasteiger partial charge in [-0.05, 0) is 58.3 Å². The summed E-state index contributed by atoms with van der Waals surface area (Å²) in [7, 11) is 0. The molecule has 1 unspecified atom stereocenters. The molecule has 1 heteroatoms. The zero-order valence-electron chi connectivity index (χ0n) is 8.97. The van der Waals surface area contributed by atoms with Gasteiger partial charge in [0.25, 0.3) is 0 Å². The molecule has 1 saturated carbocycles. The molecule has 76 valence electrons. The first kappa shape index (κ1) is 10.8. The molecule has 0 spiro atoms. The Kier molecular flexibility index (Phi) is 3.55. The van der Waals surface area contributed by atoms with E-state index in [4.69, 9.17) is 0 Å². The highest BCUT2D eigenvalue weighted by Gasteiger charge is 2.19. The monoisotopic (exact) mass is 182 g/mol. The van der Waals surface area contributed by atoms with Gasteiger partial charge in [0.1, 0.15) is 0 Å². The molecule has 0 heterocycles. The number of hydrogen-bond acceptors (Lipinski definition) is 1. The van der Waals surface area contributed by atoms with Gasteiger partial charge in [-0.25, -0.2) is 0 Å². The molecule has 1 N–H and O–H groups in total. The summed E-state index contributed by atoms with van der Waals surface area (Å²) in [6, 6.07) is 0. The second-order valence-corrected chi connectivity index (χ2v) is 5.06. The number of rotatable bonds is 3. The van der Waals surface area contributed by atoms with Crippen molar-refractivity contribution in [1.82, 2.24) is 0 Å². The van der Waals surface area contributed by atoms with Crippen molar-refractivity contribution in [3.8, 4) is 0 Å². The minimum Gasteiger partial charge on any atom is -0.390 e. The topological polar surface area (TPSA) is 20.2 Å². The Morgan fingerprint density at radius 2 is 2.23 bits per heavy atom. The highest BCUT2D eigenvalue weighted by atomic mass is 16.3. The number of aliphatic hydroxyl groups is 1. The van der Waals surface area contributed by atoms with Crippen LogP contribution in [0.4, 0.5) is 0 Å². The first-order chi connectivity index (χ1) is 5.97. The Labute approximate surface area is 81.9 Å². The summed E-state index contributed by atoms with van der Waals surface area (Å²) < 4.78 is 0. The largest absolute Gasteiger partial charge is 0.390 e. The van der Waals surface area contributed by atoms with Crippen LogP contribution in [0.2, 0.25) is 0 Å². The minimum absolute atomic E-state index is 0.487. The lowest BCUT2D eigenvalue weighted by Crippen LogP contribution is -2.20. The van der Waals surface area contributed by atoms with Crippen LogP contribution in [0.25, 0.3) is 0 Å². The van der Waals surface area contributed by atoms with Gasteiger partial charge in [0.2, 0.25) is 0 Å². The summed E-state index contributed by atoms with van der Waals surface area (Å²) in [6.45, 7) is 7.83. The maximum Gasteiger partial charge on any atom is 0.0591 e. The molecule has 0 aromatic rings. The zero-order valence-corrected chi connectivity index (χ0v) is 8.97. The third kappa shape index (κ3) is 4.47. The molecule has 1 aliphatic carbocycles. The molecule has 0 bridgehead atoms. The summed E-state index contributed by atoms with van der Waals surface area (Å²) in [5.74, 6) is 0.785. The predicted molar refractivity (Wildman–Crippen MR) is 56.6 cm³/mol. The van der Waals surface area contributed by atoms with Crippen LogP contribution in [0.1, 0.15) is 52.4 Å². The molecule has 13 heavy (non-hydrogen) atoms. The summed E-state index contributed by atoms with van der Waals surface area (Å²) in [6.07, 6.45) is 7.12. The summed E-state index contributed by atoms with van der Waals surface area (Å²) in [4.78, 5) is 0. The average Bonchev–Trinajstić information content (AvgIpc) is 2.00. The average molecular weight is 182 g/mol. The number of allylic oxidation sites excluding steroid dienone is 1. The molecule has 0 aromatic carbocycles. The second kappa shape index (κ2) is 4.28. The van der Waals surface area contributed by atoms with E-state index in [9.17, 15) is 5.11 Å². The van der Waals surface area contributed by atoms with Gasteiger partial charge in [0, 0.05) is 0 Å². The summed E-state index contributed by atoms with van der Waals surface area (Å²) in [5, 5.41) is 9.59. The van der Waals surface area contributed by atoms with E-state index in [1.54, 1.807) is 0 Å². The van der Waals surface area contributed by atoms with Gasteiger partial charge < -0.3 is 5.11 Å². The van der Waals surface area contributed by atoms with E-state index in [1.807, 2.05) is 13.8 Å². The quantitative estimate of drug-likeness (QED) is 0.664. The van der Waals surface area contributed by atoms with E-state index in [0.29, 0.717) is 0 Å². The van der Waals surface area contributed by atoms with E-state index in [-0.39, 0.29) is 0 Å². The highest BCUT2D eigenvalue weighted by molar-refractivity contribution is 4.99. The third-order valence-electron chi connectivity index (χ3n) is 2.88. The second-order valence-electron chi connectivity index (χ2n) is 5.06. The molecule has 0 aromatic heterocycles. The Balaban J connectivity index is 2.25. The van der Waals surface area contributed by atoms with Crippen molar-refractivity contribution in [1.29, 1.82) is 0 Å². The first-order valence-electron chi connectivity index (χ1n) is 5.36. The van der Waals surface area contributed by atoms with Crippen molar-refractivity contribution >= 4 is 0 Å². The van der Waals surface area contributed by atoms with Gasteiger partial charge in [-0.15, -0.1) is 0 Å². The lowest BCUT2D eigenvalue weighted by Gasteiger charge is -2.26. The fourth-order valence-corrected chi connectivity index (χ4v) is 2.06. The fourth-order valence-electron chi connectivity index (χ4n) is 2.06. The zero-order chi connectivity index (χ0) is 9.90. The van der Waals surface area contributed by atoms with Gasteiger partial charge in [0.05, 0.1) is 5.60 Å². The maximum atomic E-state index is 9.59. The van der Waals surface area contributed by atoms with Gasteiger partial charge in [-0.3, -0.25) is 0 Å². The van der Waals surface area contributed by atoms with Crippen molar-refractivity contribution in [3.63, 3.8) is 0 Å². The standard InChI is InChI=1S/C12H22O/c1-10-5-4-6-11(9-10)7-8-12(2,3)13/h11,13H,1,4-9H2,2-3H3. The van der Waals surface area contributed by atoms with E-state index < -0.39 is 5.60 Å². The molecular weight excluding hydrogens is 160 g/mol. The van der Waals surface area contributed by atoms with Crippen molar-refractivity contribution in [2.24, 2.45) is 5.92 Å².